The van der Waals surface area contributed by atoms with Crippen molar-refractivity contribution < 1.29 is 0 Å². The van der Waals surface area contributed by atoms with Crippen LogP contribution in [-0.4, -0.2) is 23.5 Å². The molecule has 0 spiro atoms. The molecule has 1 saturated carbocycles. The first-order valence-corrected chi connectivity index (χ1v) is 6.22. The minimum absolute atomic E-state index is 0.157. The molecule has 16 heavy (non-hydrogen) atoms. The van der Waals surface area contributed by atoms with Crippen LogP contribution in [0.4, 0.5) is 0 Å². The monoisotopic (exact) mass is 216 g/mol. The number of nitrogens with zero attached hydrogens (tertiary/aromatic N) is 1. The van der Waals surface area contributed by atoms with E-state index < -0.39 is 0 Å². The van der Waals surface area contributed by atoms with Crippen molar-refractivity contribution in [2.75, 3.05) is 13.1 Å². The van der Waals surface area contributed by atoms with Crippen molar-refractivity contribution in [3.8, 4) is 0 Å². The Morgan fingerprint density at radius 1 is 1.38 bits per heavy atom. The number of hydrogen-bond donors (Lipinski definition) is 1. The number of nitrogens with two attached hydrogens (primary N) is 1. The van der Waals surface area contributed by atoms with E-state index in [4.69, 9.17) is 5.73 Å². The Hall–Kier alpha value is -0.860. The van der Waals surface area contributed by atoms with Crippen LogP contribution < -0.4 is 5.73 Å². The predicted molar refractivity (Wildman–Crippen MR) is 66.1 cm³/mol. The van der Waals surface area contributed by atoms with E-state index in [1.165, 1.54) is 24.0 Å². The van der Waals surface area contributed by atoms with Crippen molar-refractivity contribution in [2.24, 2.45) is 11.7 Å². The molecule has 0 unspecified atom stereocenters. The largest absolute Gasteiger partial charge is 0.323 e. The molecule has 2 aliphatic rings. The van der Waals surface area contributed by atoms with E-state index in [-0.39, 0.29) is 5.54 Å². The lowest BCUT2D eigenvalue weighted by Crippen LogP contribution is -2.68. The molecular formula is C14H20N2. The van der Waals surface area contributed by atoms with Crippen molar-refractivity contribution in [2.45, 2.75) is 31.8 Å². The number of rotatable bonds is 3. The molecule has 0 aromatic heterocycles. The molecule has 2 N–H and O–H groups in total. The summed E-state index contributed by atoms with van der Waals surface area (Å²) in [6, 6.07) is 8.77. The second-order valence-electron chi connectivity index (χ2n) is 5.64. The fraction of sp³-hybridized carbons (Fsp3) is 0.571. The van der Waals surface area contributed by atoms with Gasteiger partial charge in [0.25, 0.3) is 0 Å². The van der Waals surface area contributed by atoms with Crippen LogP contribution in [0.1, 0.15) is 24.0 Å². The molecule has 1 heterocycles. The van der Waals surface area contributed by atoms with Crippen molar-refractivity contribution >= 4 is 0 Å². The van der Waals surface area contributed by atoms with Crippen LogP contribution in [0.3, 0.4) is 0 Å². The Bertz CT molecular complexity index is 389. The molecular weight excluding hydrogens is 196 g/mol. The third kappa shape index (κ3) is 1.87. The molecule has 2 nitrogen and oxygen atoms in total. The second-order valence-corrected chi connectivity index (χ2v) is 5.64. The summed E-state index contributed by atoms with van der Waals surface area (Å²) in [5.74, 6) is 0.821. The van der Waals surface area contributed by atoms with Gasteiger partial charge in [0.05, 0.1) is 0 Å². The van der Waals surface area contributed by atoms with Gasteiger partial charge in [-0.15, -0.1) is 0 Å². The van der Waals surface area contributed by atoms with E-state index in [9.17, 15) is 0 Å². The highest BCUT2D eigenvalue weighted by Crippen LogP contribution is 2.43. The van der Waals surface area contributed by atoms with E-state index in [0.717, 1.165) is 25.6 Å². The molecule has 1 aromatic carbocycles. The smallest absolute Gasteiger partial charge is 0.0441 e. The SMILES string of the molecule is Cc1cccc(CN2CC(N)(C3CC3)C2)c1. The fourth-order valence-corrected chi connectivity index (χ4v) is 2.88. The predicted octanol–water partition coefficient (Wildman–Crippen LogP) is 1.92. The first-order valence-electron chi connectivity index (χ1n) is 6.22. The van der Waals surface area contributed by atoms with Crippen LogP contribution in [0.15, 0.2) is 24.3 Å². The zero-order chi connectivity index (χ0) is 11.2. The normalized spacial score (nSPS) is 24.1. The standard InChI is InChI=1S/C14H20N2/c1-11-3-2-4-12(7-11)8-16-9-14(15,10-16)13-5-6-13/h2-4,7,13H,5-6,8-10,15H2,1H3. The third-order valence-electron chi connectivity index (χ3n) is 3.92. The van der Waals surface area contributed by atoms with Gasteiger partial charge in [-0.3, -0.25) is 4.90 Å². The zero-order valence-electron chi connectivity index (χ0n) is 9.95. The van der Waals surface area contributed by atoms with Gasteiger partial charge in [-0.05, 0) is 31.2 Å². The van der Waals surface area contributed by atoms with E-state index >= 15 is 0 Å². The van der Waals surface area contributed by atoms with Crippen molar-refractivity contribution in [3.05, 3.63) is 35.4 Å². The van der Waals surface area contributed by atoms with Crippen LogP contribution in [0.2, 0.25) is 0 Å². The Labute approximate surface area is 97.4 Å². The summed E-state index contributed by atoms with van der Waals surface area (Å²) in [7, 11) is 0. The maximum atomic E-state index is 6.34. The molecule has 2 fully saturated rings. The van der Waals surface area contributed by atoms with Crippen LogP contribution in [0.25, 0.3) is 0 Å². The van der Waals surface area contributed by atoms with E-state index in [2.05, 4.69) is 36.1 Å². The quantitative estimate of drug-likeness (QED) is 0.836. The highest BCUT2D eigenvalue weighted by molar-refractivity contribution is 5.23. The fourth-order valence-electron chi connectivity index (χ4n) is 2.88. The van der Waals surface area contributed by atoms with Gasteiger partial charge < -0.3 is 5.73 Å². The molecule has 1 saturated heterocycles. The van der Waals surface area contributed by atoms with E-state index in [1.54, 1.807) is 0 Å². The Morgan fingerprint density at radius 3 is 2.75 bits per heavy atom. The summed E-state index contributed by atoms with van der Waals surface area (Å²) >= 11 is 0. The van der Waals surface area contributed by atoms with Gasteiger partial charge >= 0.3 is 0 Å². The summed E-state index contributed by atoms with van der Waals surface area (Å²) < 4.78 is 0. The molecule has 1 aliphatic carbocycles. The average Bonchev–Trinajstić information content (AvgIpc) is 2.98. The first-order chi connectivity index (χ1) is 7.66. The first kappa shape index (κ1) is 10.3. The zero-order valence-corrected chi connectivity index (χ0v) is 9.95. The molecule has 3 rings (SSSR count). The summed E-state index contributed by atoms with van der Waals surface area (Å²) in [5.41, 5.74) is 9.26. The lowest BCUT2D eigenvalue weighted by Gasteiger charge is -2.48. The van der Waals surface area contributed by atoms with Crippen molar-refractivity contribution in [1.82, 2.24) is 4.90 Å². The molecule has 86 valence electrons. The summed E-state index contributed by atoms with van der Waals surface area (Å²) in [4.78, 5) is 2.47. The minimum Gasteiger partial charge on any atom is -0.323 e. The van der Waals surface area contributed by atoms with Crippen LogP contribution in [-0.2, 0) is 6.54 Å². The molecule has 1 aliphatic heterocycles. The second kappa shape index (κ2) is 3.57. The molecule has 0 atom stereocenters. The van der Waals surface area contributed by atoms with Crippen LogP contribution >= 0.6 is 0 Å². The van der Waals surface area contributed by atoms with E-state index in [1.807, 2.05) is 0 Å². The van der Waals surface area contributed by atoms with Gasteiger partial charge in [0, 0.05) is 25.2 Å². The van der Waals surface area contributed by atoms with Gasteiger partial charge in [-0.25, -0.2) is 0 Å². The maximum Gasteiger partial charge on any atom is 0.0441 e. The number of hydrogen-bond acceptors (Lipinski definition) is 2. The molecule has 0 amide bonds. The Kier molecular flexibility index (Phi) is 2.30. The molecule has 1 aromatic rings. The number of likely N-dealkylation sites (tertiary alicyclic amines) is 1. The summed E-state index contributed by atoms with van der Waals surface area (Å²) in [6.07, 6.45) is 2.71. The van der Waals surface area contributed by atoms with Gasteiger partial charge in [-0.1, -0.05) is 29.8 Å². The number of benzene rings is 1. The van der Waals surface area contributed by atoms with Crippen LogP contribution in [0, 0.1) is 12.8 Å². The maximum absolute atomic E-state index is 6.34. The lowest BCUT2D eigenvalue weighted by molar-refractivity contribution is 0.0478. The van der Waals surface area contributed by atoms with Crippen molar-refractivity contribution in [3.63, 3.8) is 0 Å². The van der Waals surface area contributed by atoms with Gasteiger partial charge in [0.1, 0.15) is 0 Å². The van der Waals surface area contributed by atoms with Crippen molar-refractivity contribution in [1.29, 1.82) is 0 Å². The average molecular weight is 216 g/mol. The topological polar surface area (TPSA) is 29.3 Å². The molecule has 0 radical (unpaired) electrons. The summed E-state index contributed by atoms with van der Waals surface area (Å²) in [5, 5.41) is 0. The minimum atomic E-state index is 0.157. The highest BCUT2D eigenvalue weighted by atomic mass is 15.3. The number of aryl methyl sites for hydroxylation is 1. The van der Waals surface area contributed by atoms with Gasteiger partial charge in [0.2, 0.25) is 0 Å². The molecule has 0 bridgehead atoms. The third-order valence-corrected chi connectivity index (χ3v) is 3.92. The molecule has 2 heteroatoms. The lowest BCUT2D eigenvalue weighted by atomic mass is 9.85. The Balaban J connectivity index is 1.58. The highest BCUT2D eigenvalue weighted by Gasteiger charge is 2.49. The van der Waals surface area contributed by atoms with Gasteiger partial charge in [-0.2, -0.15) is 0 Å². The van der Waals surface area contributed by atoms with Gasteiger partial charge in [0.15, 0.2) is 0 Å². The summed E-state index contributed by atoms with van der Waals surface area (Å²) in [6.45, 7) is 5.39. The Morgan fingerprint density at radius 2 is 2.12 bits per heavy atom. The van der Waals surface area contributed by atoms with Crippen LogP contribution in [0.5, 0.6) is 0 Å². The van der Waals surface area contributed by atoms with E-state index in [0.29, 0.717) is 0 Å².